The molecule has 0 spiro atoms. The molecule has 106 valence electrons. The first kappa shape index (κ1) is 14.3. The minimum absolute atomic E-state index is 0.171. The average Bonchev–Trinajstić information content (AvgIpc) is 2.77. The van der Waals surface area contributed by atoms with Crippen molar-refractivity contribution in [2.45, 2.75) is 37.5 Å². The summed E-state index contributed by atoms with van der Waals surface area (Å²) in [6.45, 7) is 2.30. The van der Waals surface area contributed by atoms with Crippen molar-refractivity contribution in [3.63, 3.8) is 0 Å². The van der Waals surface area contributed by atoms with Gasteiger partial charge in [0.05, 0.1) is 0 Å². The van der Waals surface area contributed by atoms with E-state index in [1.54, 1.807) is 0 Å². The monoisotopic (exact) mass is 272 g/mol. The highest BCUT2D eigenvalue weighted by molar-refractivity contribution is 5.21. The lowest BCUT2D eigenvalue weighted by Gasteiger charge is -2.32. The highest BCUT2D eigenvalue weighted by atomic mass is 19.4. The summed E-state index contributed by atoms with van der Waals surface area (Å²) in [5, 5.41) is 0. The molecule has 1 fully saturated rings. The van der Waals surface area contributed by atoms with Gasteiger partial charge >= 0.3 is 6.18 Å². The second-order valence-corrected chi connectivity index (χ2v) is 5.24. The van der Waals surface area contributed by atoms with Gasteiger partial charge in [0.15, 0.2) is 0 Å². The lowest BCUT2D eigenvalue weighted by Crippen LogP contribution is -2.54. The third kappa shape index (κ3) is 3.28. The topological polar surface area (TPSA) is 29.3 Å². The van der Waals surface area contributed by atoms with Crippen molar-refractivity contribution in [3.8, 4) is 0 Å². The Morgan fingerprint density at radius 3 is 2.42 bits per heavy atom. The van der Waals surface area contributed by atoms with Crippen molar-refractivity contribution in [2.75, 3.05) is 13.1 Å². The largest absolute Gasteiger partial charge is 0.405 e. The summed E-state index contributed by atoms with van der Waals surface area (Å²) >= 11 is 0. The number of hydrogen-bond acceptors (Lipinski definition) is 2. The van der Waals surface area contributed by atoms with E-state index >= 15 is 0 Å². The zero-order valence-electron chi connectivity index (χ0n) is 10.9. The fourth-order valence-corrected chi connectivity index (χ4v) is 2.87. The van der Waals surface area contributed by atoms with E-state index in [9.17, 15) is 13.2 Å². The smallest absolute Gasteiger partial charge is 0.326 e. The van der Waals surface area contributed by atoms with Crippen LogP contribution in [0.5, 0.6) is 0 Å². The zero-order valence-corrected chi connectivity index (χ0v) is 10.9. The average molecular weight is 272 g/mol. The van der Waals surface area contributed by atoms with Crippen LogP contribution in [0.1, 0.15) is 24.8 Å². The summed E-state index contributed by atoms with van der Waals surface area (Å²) in [6, 6.07) is 7.26. The molecule has 2 N–H and O–H groups in total. The molecule has 1 aliphatic heterocycles. The first-order valence-corrected chi connectivity index (χ1v) is 6.51. The SMILES string of the molecule is CC(N)C(N1CCC(c2ccccc2)C1)C(F)(F)F. The number of nitrogens with zero attached hydrogens (tertiary/aromatic N) is 1. The predicted molar refractivity (Wildman–Crippen MR) is 68.9 cm³/mol. The van der Waals surface area contributed by atoms with Crippen molar-refractivity contribution in [3.05, 3.63) is 35.9 Å². The second-order valence-electron chi connectivity index (χ2n) is 5.24. The fraction of sp³-hybridized carbons (Fsp3) is 0.571. The molecule has 1 aliphatic rings. The number of likely N-dealkylation sites (tertiary alicyclic amines) is 1. The molecule has 1 saturated heterocycles. The molecule has 0 radical (unpaired) electrons. The van der Waals surface area contributed by atoms with E-state index in [0.29, 0.717) is 13.1 Å². The van der Waals surface area contributed by atoms with Gasteiger partial charge in [-0.2, -0.15) is 13.2 Å². The standard InChI is InChI=1S/C14H19F3N2/c1-10(18)13(14(15,16)17)19-8-7-12(9-19)11-5-3-2-4-6-11/h2-6,10,12-13H,7-9,18H2,1H3. The Kier molecular flexibility index (Phi) is 4.16. The van der Waals surface area contributed by atoms with Crippen LogP contribution in [0.15, 0.2) is 30.3 Å². The van der Waals surface area contributed by atoms with Gasteiger partial charge in [-0.3, -0.25) is 4.90 Å². The van der Waals surface area contributed by atoms with E-state index in [1.165, 1.54) is 11.8 Å². The first-order valence-electron chi connectivity index (χ1n) is 6.51. The molecule has 1 heterocycles. The van der Waals surface area contributed by atoms with Gasteiger partial charge in [-0.15, -0.1) is 0 Å². The molecule has 2 nitrogen and oxygen atoms in total. The van der Waals surface area contributed by atoms with Crippen LogP contribution < -0.4 is 5.73 Å². The van der Waals surface area contributed by atoms with E-state index in [2.05, 4.69) is 0 Å². The van der Waals surface area contributed by atoms with Crippen LogP contribution in [0, 0.1) is 0 Å². The van der Waals surface area contributed by atoms with Gasteiger partial charge < -0.3 is 5.73 Å². The number of halogens is 3. The summed E-state index contributed by atoms with van der Waals surface area (Å²) in [5.74, 6) is 0.171. The number of alkyl halides is 3. The van der Waals surface area contributed by atoms with Gasteiger partial charge in [-0.05, 0) is 31.4 Å². The number of benzene rings is 1. The van der Waals surface area contributed by atoms with Crippen molar-refractivity contribution in [1.29, 1.82) is 0 Å². The molecule has 5 heteroatoms. The van der Waals surface area contributed by atoms with E-state index in [-0.39, 0.29) is 5.92 Å². The normalized spacial score (nSPS) is 24.4. The summed E-state index contributed by atoms with van der Waals surface area (Å²) in [6.07, 6.45) is -3.51. The van der Waals surface area contributed by atoms with Gasteiger partial charge in [0.2, 0.25) is 0 Å². The van der Waals surface area contributed by atoms with E-state index in [4.69, 9.17) is 5.73 Å². The van der Waals surface area contributed by atoms with Crippen LogP contribution in [-0.4, -0.2) is 36.2 Å². The minimum Gasteiger partial charge on any atom is -0.326 e. The third-order valence-electron chi connectivity index (χ3n) is 3.72. The van der Waals surface area contributed by atoms with Gasteiger partial charge in [0, 0.05) is 12.6 Å². The Labute approximate surface area is 111 Å². The molecule has 0 saturated carbocycles. The van der Waals surface area contributed by atoms with Crippen molar-refractivity contribution in [1.82, 2.24) is 4.90 Å². The number of rotatable bonds is 3. The molecule has 1 aromatic carbocycles. The van der Waals surface area contributed by atoms with Crippen LogP contribution in [0.3, 0.4) is 0 Å². The highest BCUT2D eigenvalue weighted by Gasteiger charge is 2.47. The molecule has 0 aliphatic carbocycles. The van der Waals surface area contributed by atoms with Crippen LogP contribution in [-0.2, 0) is 0 Å². The van der Waals surface area contributed by atoms with Crippen LogP contribution in [0.25, 0.3) is 0 Å². The third-order valence-corrected chi connectivity index (χ3v) is 3.72. The molecular formula is C14H19F3N2. The van der Waals surface area contributed by atoms with Crippen LogP contribution >= 0.6 is 0 Å². The predicted octanol–water partition coefficient (Wildman–Crippen LogP) is 2.75. The maximum atomic E-state index is 13.0. The van der Waals surface area contributed by atoms with E-state index < -0.39 is 18.3 Å². The summed E-state index contributed by atoms with van der Waals surface area (Å²) in [4.78, 5) is 1.47. The maximum absolute atomic E-state index is 13.0. The van der Waals surface area contributed by atoms with Crippen LogP contribution in [0.4, 0.5) is 13.2 Å². The molecule has 3 unspecified atom stereocenters. The van der Waals surface area contributed by atoms with Gasteiger partial charge in [0.25, 0.3) is 0 Å². The number of hydrogen-bond donors (Lipinski definition) is 1. The molecular weight excluding hydrogens is 253 g/mol. The lowest BCUT2D eigenvalue weighted by atomic mass is 9.98. The molecule has 0 bridgehead atoms. The zero-order chi connectivity index (χ0) is 14.0. The molecule has 0 aromatic heterocycles. The van der Waals surface area contributed by atoms with Gasteiger partial charge in [-0.25, -0.2) is 0 Å². The highest BCUT2D eigenvalue weighted by Crippen LogP contribution is 2.34. The molecule has 3 atom stereocenters. The van der Waals surface area contributed by atoms with Crippen LogP contribution in [0.2, 0.25) is 0 Å². The molecule has 1 aromatic rings. The summed E-state index contributed by atoms with van der Waals surface area (Å²) < 4.78 is 39.1. The van der Waals surface area contributed by atoms with Gasteiger partial charge in [-0.1, -0.05) is 30.3 Å². The maximum Gasteiger partial charge on any atom is 0.405 e. The van der Waals surface area contributed by atoms with E-state index in [1.807, 2.05) is 30.3 Å². The Balaban J connectivity index is 2.09. The Bertz CT molecular complexity index is 403. The van der Waals surface area contributed by atoms with E-state index in [0.717, 1.165) is 12.0 Å². The quantitative estimate of drug-likeness (QED) is 0.916. The molecule has 2 rings (SSSR count). The second kappa shape index (κ2) is 5.51. The van der Waals surface area contributed by atoms with Crippen molar-refractivity contribution in [2.24, 2.45) is 5.73 Å². The minimum atomic E-state index is -4.26. The Morgan fingerprint density at radius 2 is 1.89 bits per heavy atom. The van der Waals surface area contributed by atoms with Gasteiger partial charge in [0.1, 0.15) is 6.04 Å². The Morgan fingerprint density at radius 1 is 1.26 bits per heavy atom. The van der Waals surface area contributed by atoms with Crippen molar-refractivity contribution >= 4 is 0 Å². The molecule has 19 heavy (non-hydrogen) atoms. The summed E-state index contributed by atoms with van der Waals surface area (Å²) in [7, 11) is 0. The molecule has 0 amide bonds. The lowest BCUT2D eigenvalue weighted by molar-refractivity contribution is -0.185. The Hall–Kier alpha value is -1.07. The fourth-order valence-electron chi connectivity index (χ4n) is 2.87. The summed E-state index contributed by atoms with van der Waals surface area (Å²) in [5.41, 5.74) is 6.63. The van der Waals surface area contributed by atoms with Crippen molar-refractivity contribution < 1.29 is 13.2 Å². The number of nitrogens with two attached hydrogens (primary N) is 1. The first-order chi connectivity index (χ1) is 8.89.